The van der Waals surface area contributed by atoms with Crippen molar-refractivity contribution >= 4 is 27.2 Å². The maximum atomic E-state index is 10.5. The third-order valence-corrected chi connectivity index (χ3v) is 4.05. The minimum Gasteiger partial charge on any atom is -0.394 e. The first-order valence-corrected chi connectivity index (χ1v) is 8.25. The lowest BCUT2D eigenvalue weighted by Gasteiger charge is -2.39. The Labute approximate surface area is 131 Å². The van der Waals surface area contributed by atoms with E-state index in [1.165, 1.54) is 6.08 Å². The minimum atomic E-state index is -4.79. The summed E-state index contributed by atoms with van der Waals surface area (Å²) in [6.45, 7) is 2.82. The number of nitrogens with zero attached hydrogens (tertiary/aromatic N) is 1. The van der Waals surface area contributed by atoms with Crippen molar-refractivity contribution in [1.82, 2.24) is 0 Å². The molecule has 0 aromatic carbocycles. The maximum absolute atomic E-state index is 10.5. The molecule has 0 bridgehead atoms. The molecule has 1 fully saturated rings. The summed E-state index contributed by atoms with van der Waals surface area (Å²) in [5, 5.41) is 41.3. The van der Waals surface area contributed by atoms with E-state index in [1.54, 1.807) is 0 Å². The minimum absolute atomic E-state index is 0.0230. The van der Waals surface area contributed by atoms with Crippen LogP contribution < -0.4 is 0 Å². The number of rotatable bonds is 6. The molecule has 0 aromatic rings. The maximum Gasteiger partial charge on any atom is 0.466 e. The zero-order valence-electron chi connectivity index (χ0n) is 11.2. The van der Waals surface area contributed by atoms with E-state index < -0.39 is 46.9 Å². The smallest absolute Gasteiger partial charge is 0.394 e. The summed E-state index contributed by atoms with van der Waals surface area (Å²) < 4.78 is 38.5. The molecular weight excluding hydrogens is 342 g/mol. The molecule has 5 atom stereocenters. The van der Waals surface area contributed by atoms with Crippen LogP contribution in [0.25, 0.3) is 0 Å². The summed E-state index contributed by atoms with van der Waals surface area (Å²) in [6, 6.07) is 0. The molecule has 1 aliphatic rings. The molecule has 1 heterocycles. The number of hydrogen-bond acceptors (Lipinski definition) is 10. The number of hydrogen-bond donors (Lipinski definition) is 5. The highest BCUT2D eigenvalue weighted by atomic mass is 32.3. The predicted octanol–water partition coefficient (Wildman–Crippen LogP) is -1.77. The zero-order valence-corrected chi connectivity index (χ0v) is 12.9. The fourth-order valence-electron chi connectivity index (χ4n) is 1.62. The lowest BCUT2D eigenvalue weighted by Crippen LogP contribution is -2.57. The Morgan fingerprint density at radius 2 is 1.95 bits per heavy atom. The standard InChI is InChI=1S/C10H17NO9S2/c1-2-3-6(11-20-22(16,17)18)21-10-9(15)8(14)7(13)5(4-12)19-10/h2,5,7-10,12-15H,1,3-4H2,(H,16,17,18)/b11-6+/t5-,7-,8-,9+,10+/m0/s1. The van der Waals surface area contributed by atoms with Crippen molar-refractivity contribution < 1.29 is 42.4 Å². The molecule has 5 N–H and O–H groups in total. The van der Waals surface area contributed by atoms with Gasteiger partial charge in [-0.25, -0.2) is 4.28 Å². The lowest BCUT2D eigenvalue weighted by atomic mass is 10.0. The van der Waals surface area contributed by atoms with Gasteiger partial charge in [-0.3, -0.25) is 4.55 Å². The van der Waals surface area contributed by atoms with Crippen molar-refractivity contribution in [2.75, 3.05) is 6.61 Å². The fourth-order valence-corrected chi connectivity index (χ4v) is 2.91. The van der Waals surface area contributed by atoms with Crippen LogP contribution in [0.5, 0.6) is 0 Å². The van der Waals surface area contributed by atoms with Gasteiger partial charge < -0.3 is 25.2 Å². The van der Waals surface area contributed by atoms with Gasteiger partial charge in [0.25, 0.3) is 0 Å². The molecule has 0 aromatic heterocycles. The van der Waals surface area contributed by atoms with Gasteiger partial charge in [-0.05, 0) is 0 Å². The monoisotopic (exact) mass is 359 g/mol. The van der Waals surface area contributed by atoms with Crippen molar-refractivity contribution in [3.8, 4) is 0 Å². The van der Waals surface area contributed by atoms with Crippen LogP contribution in [0, 0.1) is 0 Å². The highest BCUT2D eigenvalue weighted by molar-refractivity contribution is 8.14. The van der Waals surface area contributed by atoms with E-state index in [1.807, 2.05) is 0 Å². The predicted molar refractivity (Wildman–Crippen MR) is 76.2 cm³/mol. The van der Waals surface area contributed by atoms with Crippen LogP contribution in [0.1, 0.15) is 6.42 Å². The Bertz CT molecular complexity index is 507. The molecule has 128 valence electrons. The van der Waals surface area contributed by atoms with Gasteiger partial charge in [0.15, 0.2) is 0 Å². The Morgan fingerprint density at radius 1 is 1.32 bits per heavy atom. The molecule has 1 saturated heterocycles. The molecule has 0 aliphatic carbocycles. The Balaban J connectivity index is 2.85. The van der Waals surface area contributed by atoms with E-state index in [0.29, 0.717) is 11.8 Å². The van der Waals surface area contributed by atoms with Gasteiger partial charge in [-0.15, -0.1) is 6.58 Å². The molecule has 1 rings (SSSR count). The van der Waals surface area contributed by atoms with E-state index in [0.717, 1.165) is 0 Å². The molecule has 0 amide bonds. The van der Waals surface area contributed by atoms with Crippen molar-refractivity contribution in [2.24, 2.45) is 5.16 Å². The number of aliphatic hydroxyl groups is 4. The topological polar surface area (TPSA) is 166 Å². The van der Waals surface area contributed by atoms with Gasteiger partial charge in [0.2, 0.25) is 0 Å². The number of oxime groups is 1. The second-order valence-corrected chi connectivity index (χ2v) is 6.47. The van der Waals surface area contributed by atoms with Gasteiger partial charge in [0.1, 0.15) is 34.9 Å². The summed E-state index contributed by atoms with van der Waals surface area (Å²) in [5.41, 5.74) is -1.15. The van der Waals surface area contributed by atoms with Gasteiger partial charge in [0.05, 0.1) is 6.61 Å². The van der Waals surface area contributed by atoms with Gasteiger partial charge in [-0.1, -0.05) is 23.0 Å². The van der Waals surface area contributed by atoms with E-state index in [9.17, 15) is 23.7 Å². The van der Waals surface area contributed by atoms with Crippen molar-refractivity contribution in [1.29, 1.82) is 0 Å². The molecule has 0 saturated carbocycles. The highest BCUT2D eigenvalue weighted by Crippen LogP contribution is 2.30. The van der Waals surface area contributed by atoms with Crippen molar-refractivity contribution in [3.05, 3.63) is 12.7 Å². The Kier molecular flexibility index (Phi) is 7.21. The summed E-state index contributed by atoms with van der Waals surface area (Å²) in [6.07, 6.45) is -4.34. The van der Waals surface area contributed by atoms with Gasteiger partial charge in [0, 0.05) is 6.42 Å². The summed E-state index contributed by atoms with van der Waals surface area (Å²) in [5.74, 6) is 0. The zero-order chi connectivity index (χ0) is 16.9. The number of aliphatic hydroxyl groups excluding tert-OH is 4. The SMILES string of the molecule is C=CC/C(=N\OS(=O)(=O)O)S[C@H]1O[C@@H](CO)[C@H](O)[C@H](O)[C@H]1O. The third-order valence-electron chi connectivity index (χ3n) is 2.65. The van der Waals surface area contributed by atoms with Crippen LogP contribution in [-0.2, 0) is 19.4 Å². The van der Waals surface area contributed by atoms with Crippen LogP contribution >= 0.6 is 11.8 Å². The second-order valence-electron chi connectivity index (χ2n) is 4.30. The van der Waals surface area contributed by atoms with Crippen molar-refractivity contribution in [3.63, 3.8) is 0 Å². The molecule has 0 unspecified atom stereocenters. The van der Waals surface area contributed by atoms with Crippen LogP contribution in [-0.4, -0.2) is 74.9 Å². The first kappa shape index (κ1) is 19.3. The van der Waals surface area contributed by atoms with Gasteiger partial charge in [-0.2, -0.15) is 8.42 Å². The molecule has 0 spiro atoms. The van der Waals surface area contributed by atoms with Crippen LogP contribution in [0.4, 0.5) is 0 Å². The molecule has 0 radical (unpaired) electrons. The normalized spacial score (nSPS) is 33.5. The van der Waals surface area contributed by atoms with Crippen LogP contribution in [0.2, 0.25) is 0 Å². The van der Waals surface area contributed by atoms with E-state index in [2.05, 4.69) is 16.0 Å². The van der Waals surface area contributed by atoms with Crippen LogP contribution in [0.15, 0.2) is 17.8 Å². The largest absolute Gasteiger partial charge is 0.466 e. The molecule has 1 aliphatic heterocycles. The molecule has 10 nitrogen and oxygen atoms in total. The molecule has 12 heteroatoms. The second kappa shape index (κ2) is 8.21. The number of thioether (sulfide) groups is 1. The lowest BCUT2D eigenvalue weighted by molar-refractivity contribution is -0.205. The first-order chi connectivity index (χ1) is 10.2. The average Bonchev–Trinajstić information content (AvgIpc) is 2.44. The Morgan fingerprint density at radius 3 is 2.45 bits per heavy atom. The molecule has 22 heavy (non-hydrogen) atoms. The van der Waals surface area contributed by atoms with Crippen LogP contribution in [0.3, 0.4) is 0 Å². The summed E-state index contributed by atoms with van der Waals surface area (Å²) in [7, 11) is -4.79. The van der Waals surface area contributed by atoms with E-state index in [-0.39, 0.29) is 11.5 Å². The summed E-state index contributed by atoms with van der Waals surface area (Å²) in [4.78, 5) is 0. The highest BCUT2D eigenvalue weighted by Gasteiger charge is 2.44. The van der Waals surface area contributed by atoms with E-state index in [4.69, 9.17) is 14.4 Å². The number of allylic oxidation sites excluding steroid dienone is 1. The average molecular weight is 359 g/mol. The van der Waals surface area contributed by atoms with Crippen molar-refractivity contribution in [2.45, 2.75) is 36.3 Å². The van der Waals surface area contributed by atoms with E-state index >= 15 is 0 Å². The first-order valence-electron chi connectivity index (χ1n) is 6.00. The quantitative estimate of drug-likeness (QED) is 0.120. The fraction of sp³-hybridized carbons (Fsp3) is 0.700. The summed E-state index contributed by atoms with van der Waals surface area (Å²) >= 11 is 0.688. The number of ether oxygens (including phenoxy) is 1. The molecular formula is C10H17NO9S2. The Hall–Kier alpha value is -0.730. The van der Waals surface area contributed by atoms with Gasteiger partial charge >= 0.3 is 10.4 Å². The third kappa shape index (κ3) is 5.48.